The first-order valence-corrected chi connectivity index (χ1v) is 9.15. The van der Waals surface area contributed by atoms with Crippen LogP contribution in [0.5, 0.6) is 5.75 Å². The molecule has 0 spiro atoms. The average Bonchev–Trinajstić information content (AvgIpc) is 3.15. The van der Waals surface area contributed by atoms with Gasteiger partial charge < -0.3 is 10.1 Å². The van der Waals surface area contributed by atoms with Gasteiger partial charge in [-0.1, -0.05) is 48.5 Å². The first-order valence-electron chi connectivity index (χ1n) is 9.15. The zero-order valence-corrected chi connectivity index (χ0v) is 15.8. The van der Waals surface area contributed by atoms with Crippen LogP contribution in [0.1, 0.15) is 32.1 Å². The number of benzene rings is 2. The first kappa shape index (κ1) is 18.4. The van der Waals surface area contributed by atoms with Crippen molar-refractivity contribution in [3.05, 3.63) is 102 Å². The van der Waals surface area contributed by atoms with Gasteiger partial charge in [-0.25, -0.2) is 4.98 Å². The minimum atomic E-state index is -0.221. The van der Waals surface area contributed by atoms with Gasteiger partial charge in [0, 0.05) is 11.1 Å². The number of ether oxygens (including phenoxy) is 1. The molecule has 0 atom stereocenters. The summed E-state index contributed by atoms with van der Waals surface area (Å²) in [7, 11) is 1.57. The van der Waals surface area contributed by atoms with Crippen molar-refractivity contribution in [3.8, 4) is 5.75 Å². The van der Waals surface area contributed by atoms with Gasteiger partial charge in [0.1, 0.15) is 17.1 Å². The van der Waals surface area contributed by atoms with E-state index < -0.39 is 0 Å². The maximum absolute atomic E-state index is 13.1. The molecule has 2 aromatic carbocycles. The van der Waals surface area contributed by atoms with Gasteiger partial charge in [0.05, 0.1) is 25.5 Å². The Hall–Kier alpha value is -3.93. The predicted octanol–water partition coefficient (Wildman–Crippen LogP) is 3.50. The van der Waals surface area contributed by atoms with Gasteiger partial charge in [-0.15, -0.1) is 0 Å². The minimum absolute atomic E-state index is 0.149. The van der Waals surface area contributed by atoms with Crippen molar-refractivity contribution >= 4 is 17.3 Å². The van der Waals surface area contributed by atoms with E-state index in [1.54, 1.807) is 66.2 Å². The molecule has 6 heteroatoms. The van der Waals surface area contributed by atoms with Crippen LogP contribution in [0.4, 0.5) is 0 Å². The monoisotopic (exact) mass is 385 g/mol. The summed E-state index contributed by atoms with van der Waals surface area (Å²) in [6, 6.07) is 21.5. The van der Waals surface area contributed by atoms with Crippen molar-refractivity contribution in [1.82, 2.24) is 14.7 Å². The predicted molar refractivity (Wildman–Crippen MR) is 109 cm³/mol. The van der Waals surface area contributed by atoms with E-state index in [1.165, 1.54) is 0 Å². The van der Waals surface area contributed by atoms with Crippen LogP contribution >= 0.6 is 0 Å². The second-order valence-corrected chi connectivity index (χ2v) is 6.45. The molecule has 29 heavy (non-hydrogen) atoms. The Morgan fingerprint density at radius 2 is 1.59 bits per heavy atom. The van der Waals surface area contributed by atoms with E-state index in [1.807, 2.05) is 24.3 Å². The number of fused-ring (bicyclic) bond motifs is 1. The summed E-state index contributed by atoms with van der Waals surface area (Å²) in [6.45, 7) is 0.149. The number of pyridine rings is 1. The average molecular weight is 385 g/mol. The van der Waals surface area contributed by atoms with E-state index in [-0.39, 0.29) is 18.2 Å². The molecular formula is C23H19N3O3. The number of nitrogens with one attached hydrogen (secondary N) is 1. The molecule has 0 aliphatic rings. The number of hydrogen-bond donors (Lipinski definition) is 1. The summed E-state index contributed by atoms with van der Waals surface area (Å²) < 4.78 is 7.08. The summed E-state index contributed by atoms with van der Waals surface area (Å²) in [4.78, 5) is 30.1. The Kier molecular flexibility index (Phi) is 5.07. The van der Waals surface area contributed by atoms with Gasteiger partial charge in [-0.2, -0.15) is 0 Å². The van der Waals surface area contributed by atoms with Crippen molar-refractivity contribution in [3.63, 3.8) is 0 Å². The number of methoxy groups -OCH3 is 1. The van der Waals surface area contributed by atoms with Crippen LogP contribution in [-0.4, -0.2) is 28.2 Å². The SMILES string of the molecule is COc1ccc2nc(C(=O)c3ccccc3)c(CNC(=O)c3ccccc3)n2c1. The van der Waals surface area contributed by atoms with Crippen LogP contribution < -0.4 is 10.1 Å². The highest BCUT2D eigenvalue weighted by Crippen LogP contribution is 2.20. The highest BCUT2D eigenvalue weighted by Gasteiger charge is 2.21. The third-order valence-electron chi connectivity index (χ3n) is 4.63. The number of rotatable bonds is 6. The fraction of sp³-hybridized carbons (Fsp3) is 0.0870. The standard InChI is InChI=1S/C23H19N3O3/c1-29-18-12-13-20-25-21(22(27)16-8-4-2-5-9-16)19(26(20)15-18)14-24-23(28)17-10-6-3-7-11-17/h2-13,15H,14H2,1H3,(H,24,28). The van der Waals surface area contributed by atoms with Gasteiger partial charge in [-0.3, -0.25) is 14.0 Å². The molecule has 2 heterocycles. The van der Waals surface area contributed by atoms with Crippen LogP contribution in [0, 0.1) is 0 Å². The zero-order valence-electron chi connectivity index (χ0n) is 15.8. The fourth-order valence-corrected chi connectivity index (χ4v) is 3.13. The van der Waals surface area contributed by atoms with Crippen molar-refractivity contribution < 1.29 is 14.3 Å². The highest BCUT2D eigenvalue weighted by atomic mass is 16.5. The molecule has 2 aromatic heterocycles. The maximum Gasteiger partial charge on any atom is 0.251 e. The number of carbonyl (C=O) groups is 2. The van der Waals surface area contributed by atoms with E-state index in [4.69, 9.17) is 4.74 Å². The van der Waals surface area contributed by atoms with E-state index in [0.29, 0.717) is 33.9 Å². The number of amides is 1. The van der Waals surface area contributed by atoms with Crippen molar-refractivity contribution in [2.75, 3.05) is 7.11 Å². The van der Waals surface area contributed by atoms with Gasteiger partial charge in [0.15, 0.2) is 0 Å². The van der Waals surface area contributed by atoms with Crippen molar-refractivity contribution in [2.45, 2.75) is 6.54 Å². The topological polar surface area (TPSA) is 72.7 Å². The third-order valence-corrected chi connectivity index (χ3v) is 4.63. The van der Waals surface area contributed by atoms with Crippen LogP contribution in [0.3, 0.4) is 0 Å². The minimum Gasteiger partial charge on any atom is -0.495 e. The van der Waals surface area contributed by atoms with Gasteiger partial charge in [-0.05, 0) is 24.3 Å². The number of ketones is 1. The molecule has 1 amide bonds. The summed E-state index contributed by atoms with van der Waals surface area (Å²) in [6.07, 6.45) is 1.76. The molecule has 4 aromatic rings. The summed E-state index contributed by atoms with van der Waals surface area (Å²) >= 11 is 0. The Morgan fingerprint density at radius 1 is 0.931 bits per heavy atom. The second-order valence-electron chi connectivity index (χ2n) is 6.45. The lowest BCUT2D eigenvalue weighted by atomic mass is 10.1. The Balaban J connectivity index is 1.73. The van der Waals surface area contributed by atoms with Gasteiger partial charge in [0.25, 0.3) is 5.91 Å². The zero-order chi connectivity index (χ0) is 20.2. The molecule has 144 valence electrons. The van der Waals surface area contributed by atoms with E-state index in [2.05, 4.69) is 10.3 Å². The summed E-state index contributed by atoms with van der Waals surface area (Å²) in [5, 5.41) is 2.88. The molecule has 0 radical (unpaired) electrons. The summed E-state index contributed by atoms with van der Waals surface area (Å²) in [5.41, 5.74) is 2.59. The lowest BCUT2D eigenvalue weighted by molar-refractivity contribution is 0.0947. The third kappa shape index (κ3) is 3.73. The molecular weight excluding hydrogens is 366 g/mol. The van der Waals surface area contributed by atoms with E-state index in [0.717, 1.165) is 0 Å². The summed E-state index contributed by atoms with van der Waals surface area (Å²) in [5.74, 6) is 0.211. The van der Waals surface area contributed by atoms with Gasteiger partial charge in [0.2, 0.25) is 5.78 Å². The molecule has 1 N–H and O–H groups in total. The van der Waals surface area contributed by atoms with Crippen LogP contribution in [-0.2, 0) is 6.54 Å². The molecule has 4 rings (SSSR count). The van der Waals surface area contributed by atoms with Crippen LogP contribution in [0.25, 0.3) is 5.65 Å². The van der Waals surface area contributed by atoms with E-state index >= 15 is 0 Å². The number of nitrogens with zero attached hydrogens (tertiary/aromatic N) is 2. The van der Waals surface area contributed by atoms with Crippen molar-refractivity contribution in [2.24, 2.45) is 0 Å². The van der Waals surface area contributed by atoms with Gasteiger partial charge >= 0.3 is 0 Å². The largest absolute Gasteiger partial charge is 0.495 e. The first-order chi connectivity index (χ1) is 14.2. The number of hydrogen-bond acceptors (Lipinski definition) is 4. The molecule has 0 unspecified atom stereocenters. The highest BCUT2D eigenvalue weighted by molar-refractivity contribution is 6.09. The molecule has 0 aliphatic carbocycles. The van der Waals surface area contributed by atoms with E-state index in [9.17, 15) is 9.59 Å². The molecule has 0 bridgehead atoms. The molecule has 6 nitrogen and oxygen atoms in total. The molecule has 0 aliphatic heterocycles. The fourth-order valence-electron chi connectivity index (χ4n) is 3.13. The lowest BCUT2D eigenvalue weighted by Crippen LogP contribution is -2.24. The molecule has 0 fully saturated rings. The van der Waals surface area contributed by atoms with Crippen LogP contribution in [0.15, 0.2) is 79.0 Å². The van der Waals surface area contributed by atoms with Crippen molar-refractivity contribution in [1.29, 1.82) is 0 Å². The number of imidazole rings is 1. The Labute approximate surface area is 167 Å². The number of carbonyl (C=O) groups excluding carboxylic acids is 2. The molecule has 0 saturated heterocycles. The second kappa shape index (κ2) is 7.98. The Bertz CT molecular complexity index is 1170. The quantitative estimate of drug-likeness (QED) is 0.516. The smallest absolute Gasteiger partial charge is 0.251 e. The Morgan fingerprint density at radius 3 is 2.24 bits per heavy atom. The molecule has 0 saturated carbocycles. The maximum atomic E-state index is 13.1. The normalized spacial score (nSPS) is 10.7. The van der Waals surface area contributed by atoms with Crippen LogP contribution in [0.2, 0.25) is 0 Å². The lowest BCUT2D eigenvalue weighted by Gasteiger charge is -2.08. The number of aromatic nitrogens is 2.